The first-order chi connectivity index (χ1) is 22.5. The highest BCUT2D eigenvalue weighted by Gasteiger charge is 2.25. The number of anilines is 1. The number of benzene rings is 4. The molecule has 252 valence electrons. The standard InChI is InChI=1S/C37H37ClF2N2O5S/c1-23-19-29(38)13-14-30(23)28-21-32(39)34(33(40)22-28)42-36(44)31(26-9-5-24(6-10-26)15-16-37(2,3)4)20-25-7-11-27(12-8-25)35(43)41-17-18-48(45,46)47/h5-16,19,21-22,31H,17-18,20H2,1-4H3,(H,41,43)(H,42,44)(H,45,46,47)/b16-15+. The average molecular weight is 695 g/mol. The van der Waals surface area contributed by atoms with Crippen LogP contribution < -0.4 is 10.6 Å². The molecule has 0 saturated heterocycles. The van der Waals surface area contributed by atoms with Crippen LogP contribution in [0.2, 0.25) is 5.02 Å². The zero-order valence-electron chi connectivity index (χ0n) is 27.0. The topological polar surface area (TPSA) is 113 Å². The van der Waals surface area contributed by atoms with Crippen LogP contribution in [0.25, 0.3) is 17.2 Å². The molecule has 1 unspecified atom stereocenters. The molecule has 1 atom stereocenters. The predicted octanol–water partition coefficient (Wildman–Crippen LogP) is 8.24. The van der Waals surface area contributed by atoms with Crippen molar-refractivity contribution in [3.63, 3.8) is 0 Å². The molecule has 0 saturated carbocycles. The molecule has 11 heteroatoms. The lowest BCUT2D eigenvalue weighted by molar-refractivity contribution is -0.117. The first-order valence-electron chi connectivity index (χ1n) is 15.2. The molecule has 7 nitrogen and oxygen atoms in total. The maximum absolute atomic E-state index is 15.4. The van der Waals surface area contributed by atoms with Gasteiger partial charge in [0.25, 0.3) is 16.0 Å². The van der Waals surface area contributed by atoms with Gasteiger partial charge >= 0.3 is 0 Å². The van der Waals surface area contributed by atoms with Crippen LogP contribution in [0.15, 0.2) is 84.9 Å². The summed E-state index contributed by atoms with van der Waals surface area (Å²) in [6, 6.07) is 21.0. The van der Waals surface area contributed by atoms with Crippen LogP contribution >= 0.6 is 11.6 Å². The number of halogens is 3. The summed E-state index contributed by atoms with van der Waals surface area (Å²) in [6.45, 7) is 7.75. The monoisotopic (exact) mass is 694 g/mol. The van der Waals surface area contributed by atoms with Crippen molar-refractivity contribution in [1.82, 2.24) is 5.32 Å². The molecule has 0 heterocycles. The molecule has 3 N–H and O–H groups in total. The van der Waals surface area contributed by atoms with E-state index in [1.165, 1.54) is 24.3 Å². The quantitative estimate of drug-likeness (QED) is 0.137. The maximum atomic E-state index is 15.4. The van der Waals surface area contributed by atoms with Crippen LogP contribution in [0.5, 0.6) is 0 Å². The molecule has 0 radical (unpaired) electrons. The minimum absolute atomic E-state index is 0.0311. The summed E-state index contributed by atoms with van der Waals surface area (Å²) in [5.41, 5.74) is 3.47. The fourth-order valence-electron chi connectivity index (χ4n) is 4.98. The average Bonchev–Trinajstić information content (AvgIpc) is 3.00. The van der Waals surface area contributed by atoms with E-state index >= 15 is 8.78 Å². The van der Waals surface area contributed by atoms with E-state index in [1.807, 2.05) is 18.2 Å². The number of allylic oxidation sites excluding steroid dienone is 1. The molecule has 2 amide bonds. The number of rotatable bonds is 11. The Morgan fingerprint density at radius 1 is 0.938 bits per heavy atom. The summed E-state index contributed by atoms with van der Waals surface area (Å²) in [5.74, 6) is -4.52. The van der Waals surface area contributed by atoms with Gasteiger partial charge in [0, 0.05) is 17.1 Å². The lowest BCUT2D eigenvalue weighted by Crippen LogP contribution is -2.28. The van der Waals surface area contributed by atoms with E-state index in [0.717, 1.165) is 11.1 Å². The van der Waals surface area contributed by atoms with Gasteiger partial charge in [-0.2, -0.15) is 8.42 Å². The highest BCUT2D eigenvalue weighted by atomic mass is 35.5. The molecule has 4 aromatic rings. The zero-order chi connectivity index (χ0) is 35.2. The van der Waals surface area contributed by atoms with Gasteiger partial charge in [-0.1, -0.05) is 87.0 Å². The van der Waals surface area contributed by atoms with Gasteiger partial charge in [-0.3, -0.25) is 14.1 Å². The van der Waals surface area contributed by atoms with Crippen molar-refractivity contribution in [3.8, 4) is 11.1 Å². The van der Waals surface area contributed by atoms with Gasteiger partial charge in [-0.15, -0.1) is 0 Å². The van der Waals surface area contributed by atoms with E-state index < -0.39 is 50.9 Å². The first kappa shape index (κ1) is 36.5. The normalized spacial score (nSPS) is 12.6. The van der Waals surface area contributed by atoms with Crippen molar-refractivity contribution in [2.75, 3.05) is 17.6 Å². The molecular formula is C37H37ClF2N2O5S. The van der Waals surface area contributed by atoms with Crippen LogP contribution in [-0.4, -0.2) is 37.1 Å². The molecule has 0 bridgehead atoms. The Morgan fingerprint density at radius 2 is 1.56 bits per heavy atom. The maximum Gasteiger partial charge on any atom is 0.266 e. The van der Waals surface area contributed by atoms with Crippen molar-refractivity contribution in [2.45, 2.75) is 40.0 Å². The second-order valence-electron chi connectivity index (χ2n) is 12.6. The zero-order valence-corrected chi connectivity index (χ0v) is 28.6. The van der Waals surface area contributed by atoms with Crippen LogP contribution in [0.3, 0.4) is 0 Å². The van der Waals surface area contributed by atoms with Gasteiger partial charge < -0.3 is 10.6 Å². The van der Waals surface area contributed by atoms with Crippen LogP contribution in [-0.2, 0) is 21.3 Å². The van der Waals surface area contributed by atoms with Crippen LogP contribution in [0, 0.1) is 24.0 Å². The largest absolute Gasteiger partial charge is 0.351 e. The third-order valence-corrected chi connectivity index (χ3v) is 8.48. The van der Waals surface area contributed by atoms with Gasteiger partial charge in [0.2, 0.25) is 5.91 Å². The number of amides is 2. The minimum atomic E-state index is -4.22. The molecule has 0 aliphatic carbocycles. The fourth-order valence-corrected chi connectivity index (χ4v) is 5.57. The third-order valence-electron chi connectivity index (χ3n) is 7.52. The Morgan fingerprint density at radius 3 is 2.12 bits per heavy atom. The number of hydrogen-bond acceptors (Lipinski definition) is 4. The highest BCUT2D eigenvalue weighted by Crippen LogP contribution is 2.32. The highest BCUT2D eigenvalue weighted by molar-refractivity contribution is 7.85. The van der Waals surface area contributed by atoms with Gasteiger partial charge in [0.15, 0.2) is 0 Å². The van der Waals surface area contributed by atoms with Gasteiger partial charge in [-0.25, -0.2) is 8.78 Å². The lowest BCUT2D eigenvalue weighted by atomic mass is 9.89. The summed E-state index contributed by atoms with van der Waals surface area (Å²) in [4.78, 5) is 26.2. The lowest BCUT2D eigenvalue weighted by Gasteiger charge is -2.19. The fraction of sp³-hybridized carbons (Fsp3) is 0.243. The second kappa shape index (κ2) is 15.2. The van der Waals surface area contributed by atoms with E-state index in [1.54, 1.807) is 49.4 Å². The SMILES string of the molecule is Cc1cc(Cl)ccc1-c1cc(F)c(NC(=O)C(Cc2ccc(C(=O)NCCS(=O)(=O)O)cc2)c2ccc(/C=C/C(C)(C)C)cc2)c(F)c1. The summed E-state index contributed by atoms with van der Waals surface area (Å²) in [6.07, 6.45) is 4.18. The molecule has 0 fully saturated rings. The molecule has 0 spiro atoms. The Hall–Kier alpha value is -4.38. The van der Waals surface area contributed by atoms with Crippen molar-refractivity contribution < 1.29 is 31.3 Å². The number of carbonyl (C=O) groups is 2. The van der Waals surface area contributed by atoms with Gasteiger partial charge in [0.05, 0.1) is 11.7 Å². The molecule has 0 aliphatic rings. The van der Waals surface area contributed by atoms with Crippen molar-refractivity contribution in [2.24, 2.45) is 5.41 Å². The van der Waals surface area contributed by atoms with Crippen molar-refractivity contribution >= 4 is 45.3 Å². The number of hydrogen-bond donors (Lipinski definition) is 3. The molecule has 0 aliphatic heterocycles. The Labute approximate surface area is 284 Å². The summed E-state index contributed by atoms with van der Waals surface area (Å²) >= 11 is 6.04. The third kappa shape index (κ3) is 10.3. The number of nitrogens with one attached hydrogen (secondary N) is 2. The number of carbonyl (C=O) groups excluding carboxylic acids is 2. The Kier molecular flexibility index (Phi) is 11.6. The number of aryl methyl sites for hydroxylation is 1. The summed E-state index contributed by atoms with van der Waals surface area (Å²) in [5, 5.41) is 5.38. The van der Waals surface area contributed by atoms with Crippen molar-refractivity contribution in [3.05, 3.63) is 129 Å². The molecule has 48 heavy (non-hydrogen) atoms. The second-order valence-corrected chi connectivity index (χ2v) is 14.6. The minimum Gasteiger partial charge on any atom is -0.351 e. The predicted molar refractivity (Wildman–Crippen MR) is 187 cm³/mol. The summed E-state index contributed by atoms with van der Waals surface area (Å²) < 4.78 is 61.5. The van der Waals surface area contributed by atoms with E-state index in [4.69, 9.17) is 16.2 Å². The van der Waals surface area contributed by atoms with Gasteiger partial charge in [-0.05, 0) is 88.5 Å². The van der Waals surface area contributed by atoms with Crippen LogP contribution in [0.4, 0.5) is 14.5 Å². The first-order valence-corrected chi connectivity index (χ1v) is 17.2. The molecule has 4 rings (SSSR count). The van der Waals surface area contributed by atoms with E-state index in [2.05, 4.69) is 37.5 Å². The molecule has 4 aromatic carbocycles. The van der Waals surface area contributed by atoms with Crippen LogP contribution in [0.1, 0.15) is 59.3 Å². The summed E-state index contributed by atoms with van der Waals surface area (Å²) in [7, 11) is -4.22. The Bertz CT molecular complexity index is 1920. The van der Waals surface area contributed by atoms with E-state index in [0.29, 0.717) is 27.3 Å². The molecular weight excluding hydrogens is 658 g/mol. The van der Waals surface area contributed by atoms with E-state index in [9.17, 15) is 18.0 Å². The van der Waals surface area contributed by atoms with E-state index in [-0.39, 0.29) is 23.9 Å². The smallest absolute Gasteiger partial charge is 0.266 e. The Balaban J connectivity index is 1.60. The van der Waals surface area contributed by atoms with Gasteiger partial charge in [0.1, 0.15) is 17.3 Å². The molecule has 0 aromatic heterocycles. The van der Waals surface area contributed by atoms with Crippen molar-refractivity contribution in [1.29, 1.82) is 0 Å².